The molecule has 0 radical (unpaired) electrons. The van der Waals surface area contributed by atoms with Gasteiger partial charge in [-0.25, -0.2) is 27.3 Å². The first-order valence-electron chi connectivity index (χ1n) is 18.2. The summed E-state index contributed by atoms with van der Waals surface area (Å²) in [5, 5.41) is 0.503. The molecule has 53 heavy (non-hydrogen) atoms. The number of fused-ring (bicyclic) bond motifs is 5. The number of hydrogen-bond acceptors (Lipinski definition) is 9. The molecule has 0 spiro atoms. The lowest BCUT2D eigenvalue weighted by Crippen LogP contribution is -2.56. The van der Waals surface area contributed by atoms with Gasteiger partial charge in [0.15, 0.2) is 24.2 Å². The predicted molar refractivity (Wildman–Crippen MR) is 190 cm³/mol. The van der Waals surface area contributed by atoms with Crippen LogP contribution >= 0.6 is 0 Å². The zero-order chi connectivity index (χ0) is 37.2. The lowest BCUT2D eigenvalue weighted by molar-refractivity contribution is 0.0123. The second-order valence-electron chi connectivity index (χ2n) is 15.7. The van der Waals surface area contributed by atoms with Crippen LogP contribution in [0.1, 0.15) is 52.9 Å². The fraction of sp³-hybridized carbons (Fsp3) is 0.513. The Morgan fingerprint density at radius 3 is 2.53 bits per heavy atom. The predicted octanol–water partition coefficient (Wildman–Crippen LogP) is 7.39. The van der Waals surface area contributed by atoms with E-state index in [1.165, 1.54) is 31.5 Å². The average Bonchev–Trinajstić information content (AvgIpc) is 3.73. The van der Waals surface area contributed by atoms with Crippen LogP contribution < -0.4 is 14.4 Å². The number of ether oxygens (including phenoxy) is 4. The van der Waals surface area contributed by atoms with Crippen LogP contribution in [-0.4, -0.2) is 102 Å². The Hall–Kier alpha value is -4.43. The normalized spacial score (nSPS) is 24.3. The molecule has 6 heterocycles. The standard InChI is InChI=1S/C39H43F4N5O5/c1-38(2,3)53-37(49)48-24-7-8-25(48)19-46(18-24)30-14-31(51-20-39-10-5-11-47(39)17-23(40)15-39)45-36-28(30)16-44-35(34(36)43)27-13-26(52-21-50-4)12-22-6-9-29(41)33(42)32(22)27/h6,9,12-14,16,23-25H,5,7-8,10-11,15,17-21H2,1-4H3/t23-,24?,25?,39?/m1/s1. The number of aromatic nitrogens is 2. The van der Waals surface area contributed by atoms with Crippen molar-refractivity contribution in [3.8, 4) is 22.9 Å². The Morgan fingerprint density at radius 1 is 1.02 bits per heavy atom. The van der Waals surface area contributed by atoms with Gasteiger partial charge in [-0.2, -0.15) is 0 Å². The maximum absolute atomic E-state index is 17.1. The zero-order valence-corrected chi connectivity index (χ0v) is 30.3. The fourth-order valence-corrected chi connectivity index (χ4v) is 8.77. The first kappa shape index (κ1) is 35.6. The number of nitrogens with zero attached hydrogens (tertiary/aromatic N) is 5. The van der Waals surface area contributed by atoms with Crippen LogP contribution in [-0.2, 0) is 9.47 Å². The van der Waals surface area contributed by atoms with Crippen LogP contribution in [0.2, 0.25) is 0 Å². The van der Waals surface area contributed by atoms with Crippen molar-refractivity contribution in [2.24, 2.45) is 0 Å². The topological polar surface area (TPSA) is 89.5 Å². The summed E-state index contributed by atoms with van der Waals surface area (Å²) in [6.45, 7) is 7.60. The van der Waals surface area contributed by atoms with Crippen LogP contribution in [0.25, 0.3) is 32.9 Å². The highest BCUT2D eigenvalue weighted by Gasteiger charge is 2.49. The van der Waals surface area contributed by atoms with Crippen LogP contribution in [0.15, 0.2) is 36.5 Å². The Morgan fingerprint density at radius 2 is 1.79 bits per heavy atom. The second-order valence-corrected chi connectivity index (χ2v) is 15.7. The molecule has 10 nitrogen and oxygen atoms in total. The van der Waals surface area contributed by atoms with E-state index in [0.29, 0.717) is 37.1 Å². The van der Waals surface area contributed by atoms with Gasteiger partial charge in [0, 0.05) is 61.8 Å². The summed E-state index contributed by atoms with van der Waals surface area (Å²) in [5.41, 5.74) is -0.861. The van der Waals surface area contributed by atoms with E-state index in [-0.39, 0.29) is 70.8 Å². The number of benzene rings is 2. The summed E-state index contributed by atoms with van der Waals surface area (Å²) < 4.78 is 84.7. The third-order valence-corrected chi connectivity index (χ3v) is 11.0. The summed E-state index contributed by atoms with van der Waals surface area (Å²) in [4.78, 5) is 28.5. The van der Waals surface area contributed by atoms with Gasteiger partial charge in [-0.1, -0.05) is 6.07 Å². The van der Waals surface area contributed by atoms with Gasteiger partial charge in [-0.05, 0) is 76.6 Å². The number of carbonyl (C=O) groups is 1. The molecule has 1 amide bonds. The molecule has 2 bridgehead atoms. The molecule has 4 aromatic rings. The largest absolute Gasteiger partial charge is 0.476 e. The molecule has 4 fully saturated rings. The molecule has 2 aromatic carbocycles. The fourth-order valence-electron chi connectivity index (χ4n) is 8.77. The smallest absolute Gasteiger partial charge is 0.410 e. The highest BCUT2D eigenvalue weighted by atomic mass is 19.2. The van der Waals surface area contributed by atoms with E-state index >= 15 is 8.78 Å². The molecule has 0 N–H and O–H groups in total. The summed E-state index contributed by atoms with van der Waals surface area (Å²) in [5.74, 6) is -2.71. The Balaban J connectivity index is 1.23. The van der Waals surface area contributed by atoms with Crippen LogP contribution in [0.5, 0.6) is 11.6 Å². The highest BCUT2D eigenvalue weighted by molar-refractivity contribution is 6.01. The second kappa shape index (κ2) is 13.5. The monoisotopic (exact) mass is 737 g/mol. The first-order valence-corrected chi connectivity index (χ1v) is 18.2. The van der Waals surface area contributed by atoms with Crippen molar-refractivity contribution in [1.82, 2.24) is 19.8 Å². The van der Waals surface area contributed by atoms with Crippen molar-refractivity contribution < 1.29 is 41.3 Å². The van der Waals surface area contributed by atoms with Crippen LogP contribution in [0.3, 0.4) is 0 Å². The maximum atomic E-state index is 17.1. The van der Waals surface area contributed by atoms with Crippen molar-refractivity contribution >= 4 is 33.5 Å². The number of hydrogen-bond donors (Lipinski definition) is 0. The summed E-state index contributed by atoms with van der Waals surface area (Å²) in [6, 6.07) is 6.78. The maximum Gasteiger partial charge on any atom is 0.410 e. The SMILES string of the molecule is COCOc1cc(-c2ncc3c(N4CC5CCC(C4)N5C(=O)OC(C)(C)C)cc(OCC45CCCN4C[C@H](F)C5)nc3c2F)c2c(F)c(F)ccc2c1. The van der Waals surface area contributed by atoms with E-state index in [9.17, 15) is 13.6 Å². The summed E-state index contributed by atoms with van der Waals surface area (Å²) in [7, 11) is 1.44. The van der Waals surface area contributed by atoms with Gasteiger partial charge in [0.25, 0.3) is 0 Å². The van der Waals surface area contributed by atoms with Crippen LogP contribution in [0.4, 0.5) is 28.0 Å². The molecule has 0 aliphatic carbocycles. The van der Waals surface area contributed by atoms with Gasteiger partial charge >= 0.3 is 6.09 Å². The third kappa shape index (κ3) is 6.47. The molecule has 3 unspecified atom stereocenters. The molecule has 282 valence electrons. The van der Waals surface area contributed by atoms with E-state index < -0.39 is 34.8 Å². The molecule has 4 aliphatic rings. The zero-order valence-electron chi connectivity index (χ0n) is 30.3. The van der Waals surface area contributed by atoms with Gasteiger partial charge in [0.1, 0.15) is 35.3 Å². The number of pyridine rings is 2. The van der Waals surface area contributed by atoms with Crippen LogP contribution in [0, 0.1) is 17.5 Å². The average molecular weight is 738 g/mol. The van der Waals surface area contributed by atoms with Crippen molar-refractivity contribution in [1.29, 1.82) is 0 Å². The molecule has 4 atom stereocenters. The summed E-state index contributed by atoms with van der Waals surface area (Å²) in [6.07, 6.45) is 3.79. The van der Waals surface area contributed by atoms with Crippen molar-refractivity contribution in [3.05, 3.63) is 54.0 Å². The minimum atomic E-state index is -1.15. The summed E-state index contributed by atoms with van der Waals surface area (Å²) >= 11 is 0. The molecule has 4 saturated heterocycles. The highest BCUT2D eigenvalue weighted by Crippen LogP contribution is 2.43. The number of piperazine rings is 1. The molecule has 0 saturated carbocycles. The molecule has 8 rings (SSSR count). The van der Waals surface area contributed by atoms with Crippen molar-refractivity contribution in [2.75, 3.05) is 51.6 Å². The van der Waals surface area contributed by atoms with Gasteiger partial charge in [0.2, 0.25) is 5.88 Å². The van der Waals surface area contributed by atoms with E-state index in [0.717, 1.165) is 38.3 Å². The number of anilines is 1. The van der Waals surface area contributed by atoms with E-state index in [2.05, 4.69) is 19.8 Å². The van der Waals surface area contributed by atoms with Gasteiger partial charge in [0.05, 0.1) is 23.3 Å². The Bertz CT molecular complexity index is 2070. The lowest BCUT2D eigenvalue weighted by atomic mass is 9.95. The minimum absolute atomic E-state index is 0.0240. The molecule has 4 aliphatic heterocycles. The number of rotatable bonds is 8. The third-order valence-electron chi connectivity index (χ3n) is 11.0. The number of halogens is 4. The van der Waals surface area contributed by atoms with Gasteiger partial charge in [-0.3, -0.25) is 14.8 Å². The Kier molecular flexibility index (Phi) is 9.03. The number of methoxy groups -OCH3 is 1. The Labute approximate surface area is 304 Å². The number of amides is 1. The number of carbonyl (C=O) groups excluding carboxylic acids is 1. The minimum Gasteiger partial charge on any atom is -0.476 e. The number of alkyl halides is 1. The van der Waals surface area contributed by atoms with E-state index in [4.69, 9.17) is 18.9 Å². The molecule has 14 heteroatoms. The van der Waals surface area contributed by atoms with E-state index in [1.54, 1.807) is 6.07 Å². The van der Waals surface area contributed by atoms with Gasteiger partial charge in [-0.15, -0.1) is 0 Å². The van der Waals surface area contributed by atoms with E-state index in [1.807, 2.05) is 25.7 Å². The first-order chi connectivity index (χ1) is 25.3. The van der Waals surface area contributed by atoms with Gasteiger partial charge < -0.3 is 23.8 Å². The molecule has 2 aromatic heterocycles. The lowest BCUT2D eigenvalue weighted by Gasteiger charge is -2.42. The van der Waals surface area contributed by atoms with Crippen molar-refractivity contribution in [2.45, 2.75) is 82.3 Å². The molecular formula is C39H43F4N5O5. The van der Waals surface area contributed by atoms with Crippen molar-refractivity contribution in [3.63, 3.8) is 0 Å². The quantitative estimate of drug-likeness (QED) is 0.136. The molecular weight excluding hydrogens is 694 g/mol.